The number of aliphatic hydroxyl groups excluding tert-OH is 1. The number of amides is 1. The smallest absolute Gasteiger partial charge is 0.430 e. The van der Waals surface area contributed by atoms with E-state index in [1.807, 2.05) is 67.6 Å². The number of ether oxygens (including phenoxy) is 2. The Morgan fingerprint density at radius 2 is 1.79 bits per heavy atom. The highest BCUT2D eigenvalue weighted by molar-refractivity contribution is 8.00. The van der Waals surface area contributed by atoms with Crippen LogP contribution in [-0.4, -0.2) is 40.7 Å². The maximum absolute atomic E-state index is 12.2. The summed E-state index contributed by atoms with van der Waals surface area (Å²) in [5.74, 6) is -0.765. The molecule has 1 fully saturated rings. The van der Waals surface area contributed by atoms with Gasteiger partial charge in [0.05, 0.1) is 23.3 Å². The number of rotatable bonds is 8. The van der Waals surface area contributed by atoms with Crippen LogP contribution in [0.2, 0.25) is 0 Å². The molecule has 0 spiro atoms. The molecule has 2 N–H and O–H groups in total. The molecule has 7 heteroatoms. The van der Waals surface area contributed by atoms with Crippen molar-refractivity contribution in [3.05, 3.63) is 66.2 Å². The molecule has 1 amide bonds. The van der Waals surface area contributed by atoms with Crippen LogP contribution >= 0.6 is 11.8 Å². The first-order valence-corrected chi connectivity index (χ1v) is 10.3. The normalized spacial score (nSPS) is 21.3. The van der Waals surface area contributed by atoms with E-state index >= 15 is 0 Å². The van der Waals surface area contributed by atoms with Crippen molar-refractivity contribution in [1.82, 2.24) is 5.32 Å². The van der Waals surface area contributed by atoms with Crippen molar-refractivity contribution < 1.29 is 24.2 Å². The lowest BCUT2D eigenvalue weighted by molar-refractivity contribution is -0.143. The second kappa shape index (κ2) is 9.33. The van der Waals surface area contributed by atoms with E-state index in [0.29, 0.717) is 0 Å². The minimum absolute atomic E-state index is 0.102. The fraction of sp³-hybridized carbons (Fsp3) is 0.364. The molecule has 1 heterocycles. The van der Waals surface area contributed by atoms with Crippen LogP contribution in [0.4, 0.5) is 4.79 Å². The van der Waals surface area contributed by atoms with Gasteiger partial charge in [0.1, 0.15) is 12.7 Å². The number of carbonyl (C=O) groups is 2. The molecule has 1 aliphatic heterocycles. The van der Waals surface area contributed by atoms with E-state index in [2.05, 4.69) is 5.32 Å². The number of β-lactam (4-membered cyclic amide) rings is 1. The molecular weight excluding hydrogens is 390 g/mol. The summed E-state index contributed by atoms with van der Waals surface area (Å²) in [5.41, 5.74) is 0.850. The van der Waals surface area contributed by atoms with Crippen molar-refractivity contribution in [3.63, 3.8) is 0 Å². The van der Waals surface area contributed by atoms with Crippen LogP contribution in [0.25, 0.3) is 0 Å². The van der Waals surface area contributed by atoms with E-state index in [0.717, 1.165) is 10.5 Å². The predicted molar refractivity (Wildman–Crippen MR) is 110 cm³/mol. The lowest BCUT2D eigenvalue weighted by atomic mass is 9.78. The van der Waals surface area contributed by atoms with E-state index in [-0.39, 0.29) is 25.2 Å². The summed E-state index contributed by atoms with van der Waals surface area (Å²) in [6.45, 7) is 3.53. The SMILES string of the molecule is C[C@@H](OC(=O)OCc1ccccc1)[C@H]1C(=O)N[C@@H]1C(C)(CO)Sc1ccccc1. The van der Waals surface area contributed by atoms with Crippen LogP contribution in [0.15, 0.2) is 65.6 Å². The Balaban J connectivity index is 1.60. The first kappa shape index (κ1) is 21.2. The molecule has 1 saturated heterocycles. The van der Waals surface area contributed by atoms with E-state index in [1.54, 1.807) is 6.92 Å². The maximum Gasteiger partial charge on any atom is 0.508 e. The molecule has 2 aromatic rings. The minimum atomic E-state index is -0.818. The average Bonchev–Trinajstić information content (AvgIpc) is 2.71. The topological polar surface area (TPSA) is 84.9 Å². The predicted octanol–water partition coefficient (Wildman–Crippen LogP) is 3.39. The molecule has 1 unspecified atom stereocenters. The molecule has 0 saturated carbocycles. The second-order valence-electron chi connectivity index (χ2n) is 7.25. The third kappa shape index (κ3) is 5.10. The molecule has 0 aromatic heterocycles. The summed E-state index contributed by atoms with van der Waals surface area (Å²) in [4.78, 5) is 25.3. The Bertz CT molecular complexity index is 832. The summed E-state index contributed by atoms with van der Waals surface area (Å²) >= 11 is 1.49. The maximum atomic E-state index is 12.2. The van der Waals surface area contributed by atoms with Crippen molar-refractivity contribution in [3.8, 4) is 0 Å². The Labute approximate surface area is 174 Å². The van der Waals surface area contributed by atoms with E-state index in [1.165, 1.54) is 11.8 Å². The van der Waals surface area contributed by atoms with Gasteiger partial charge in [0.25, 0.3) is 0 Å². The van der Waals surface area contributed by atoms with Gasteiger partial charge in [-0.05, 0) is 31.5 Å². The van der Waals surface area contributed by atoms with Crippen LogP contribution in [0.3, 0.4) is 0 Å². The number of aliphatic hydroxyl groups is 1. The van der Waals surface area contributed by atoms with Crippen molar-refractivity contribution >= 4 is 23.8 Å². The molecule has 1 aliphatic rings. The fourth-order valence-electron chi connectivity index (χ4n) is 3.34. The molecule has 29 heavy (non-hydrogen) atoms. The Morgan fingerprint density at radius 1 is 1.17 bits per heavy atom. The molecular formula is C22H25NO5S. The molecule has 0 radical (unpaired) electrons. The van der Waals surface area contributed by atoms with Crippen LogP contribution in [0.1, 0.15) is 19.4 Å². The molecule has 0 aliphatic carbocycles. The van der Waals surface area contributed by atoms with Gasteiger partial charge in [0.15, 0.2) is 0 Å². The highest BCUT2D eigenvalue weighted by Gasteiger charge is 2.53. The van der Waals surface area contributed by atoms with Gasteiger partial charge in [-0.15, -0.1) is 11.8 Å². The number of hydrogen-bond acceptors (Lipinski definition) is 6. The van der Waals surface area contributed by atoms with E-state index in [9.17, 15) is 14.7 Å². The monoisotopic (exact) mass is 415 g/mol. The summed E-state index contributed by atoms with van der Waals surface area (Å²) in [5, 5.41) is 12.9. The van der Waals surface area contributed by atoms with Crippen molar-refractivity contribution in [2.24, 2.45) is 5.92 Å². The van der Waals surface area contributed by atoms with Gasteiger partial charge >= 0.3 is 6.16 Å². The number of hydrogen-bond donors (Lipinski definition) is 2. The molecule has 6 nitrogen and oxygen atoms in total. The summed E-state index contributed by atoms with van der Waals surface area (Å²) in [6.07, 6.45) is -1.50. The third-order valence-electron chi connectivity index (χ3n) is 5.01. The lowest BCUT2D eigenvalue weighted by Crippen LogP contribution is -2.70. The van der Waals surface area contributed by atoms with Crippen LogP contribution in [-0.2, 0) is 20.9 Å². The number of thioether (sulfide) groups is 1. The highest BCUT2D eigenvalue weighted by atomic mass is 32.2. The lowest BCUT2D eigenvalue weighted by Gasteiger charge is -2.48. The zero-order valence-corrected chi connectivity index (χ0v) is 17.2. The van der Waals surface area contributed by atoms with Gasteiger partial charge in [0.2, 0.25) is 5.91 Å². The van der Waals surface area contributed by atoms with Gasteiger partial charge in [-0.3, -0.25) is 4.79 Å². The van der Waals surface area contributed by atoms with Crippen molar-refractivity contribution in [2.45, 2.75) is 42.2 Å². The zero-order valence-electron chi connectivity index (χ0n) is 16.4. The summed E-state index contributed by atoms with van der Waals surface area (Å²) in [6, 6.07) is 18.6. The Kier molecular flexibility index (Phi) is 6.82. The molecule has 3 rings (SSSR count). The van der Waals surface area contributed by atoms with Crippen molar-refractivity contribution in [2.75, 3.05) is 6.61 Å². The third-order valence-corrected chi connectivity index (χ3v) is 6.37. The Morgan fingerprint density at radius 3 is 2.38 bits per heavy atom. The molecule has 154 valence electrons. The molecule has 0 bridgehead atoms. The summed E-state index contributed by atoms with van der Waals surface area (Å²) < 4.78 is 9.84. The van der Waals surface area contributed by atoms with E-state index in [4.69, 9.17) is 9.47 Å². The largest absolute Gasteiger partial charge is 0.508 e. The minimum Gasteiger partial charge on any atom is -0.430 e. The van der Waals surface area contributed by atoms with Gasteiger partial charge in [-0.25, -0.2) is 4.79 Å². The van der Waals surface area contributed by atoms with Gasteiger partial charge < -0.3 is 19.9 Å². The average molecular weight is 416 g/mol. The van der Waals surface area contributed by atoms with Crippen molar-refractivity contribution in [1.29, 1.82) is 0 Å². The fourth-order valence-corrected chi connectivity index (χ4v) is 4.57. The Hall–Kier alpha value is -2.51. The van der Waals surface area contributed by atoms with Gasteiger partial charge in [-0.2, -0.15) is 0 Å². The van der Waals surface area contributed by atoms with Crippen LogP contribution < -0.4 is 5.32 Å². The molecule has 2 aromatic carbocycles. The van der Waals surface area contributed by atoms with Gasteiger partial charge in [-0.1, -0.05) is 48.5 Å². The first-order valence-electron chi connectivity index (χ1n) is 9.45. The second-order valence-corrected chi connectivity index (χ2v) is 8.85. The van der Waals surface area contributed by atoms with Gasteiger partial charge in [0, 0.05) is 4.90 Å². The zero-order chi connectivity index (χ0) is 20.9. The quantitative estimate of drug-likeness (QED) is 0.391. The van der Waals surface area contributed by atoms with E-state index < -0.39 is 22.9 Å². The van der Waals surface area contributed by atoms with Crippen LogP contribution in [0, 0.1) is 5.92 Å². The number of benzene rings is 2. The highest BCUT2D eigenvalue weighted by Crippen LogP contribution is 2.41. The summed E-state index contributed by atoms with van der Waals surface area (Å²) in [7, 11) is 0. The number of nitrogens with one attached hydrogen (secondary N) is 1. The first-order chi connectivity index (χ1) is 13.9. The number of carbonyl (C=O) groups excluding carboxylic acids is 2. The standard InChI is InChI=1S/C22H25NO5S/c1-15(28-21(26)27-13-16-9-5-3-6-10-16)18-19(23-20(18)25)22(2,14-24)29-17-11-7-4-8-12-17/h3-12,15,18-19,24H,13-14H2,1-2H3,(H,23,25)/t15-,18-,19+,22?/m1/s1. The van der Waals surface area contributed by atoms with Crippen LogP contribution in [0.5, 0.6) is 0 Å². The molecule has 4 atom stereocenters.